The Morgan fingerprint density at radius 2 is 1.79 bits per heavy atom. The third-order valence-electron chi connectivity index (χ3n) is 4.62. The average molecular weight is 385 g/mol. The van der Waals surface area contributed by atoms with Crippen molar-refractivity contribution in [1.82, 2.24) is 24.0 Å². The standard InChI is InChI=1S/C20H24FN5O2/c1-4-10-25(11-5-2)17(27)13-26-19-16(24(3)20(26)28)12-22-18(23-19)14-6-8-15(21)9-7-14/h6-9,12H,4-5,10-11,13H2,1-3H3. The van der Waals surface area contributed by atoms with Crippen molar-refractivity contribution in [2.24, 2.45) is 7.05 Å². The van der Waals surface area contributed by atoms with E-state index in [1.54, 1.807) is 30.3 Å². The van der Waals surface area contributed by atoms with E-state index >= 15 is 0 Å². The molecule has 0 unspecified atom stereocenters. The molecule has 0 radical (unpaired) electrons. The summed E-state index contributed by atoms with van der Waals surface area (Å²) in [5, 5.41) is 0. The van der Waals surface area contributed by atoms with Crippen LogP contribution in [-0.2, 0) is 18.4 Å². The maximum Gasteiger partial charge on any atom is 0.330 e. The Labute approximate surface area is 162 Å². The number of amides is 1. The molecule has 0 N–H and O–H groups in total. The van der Waals surface area contributed by atoms with Crippen molar-refractivity contribution in [3.05, 3.63) is 46.8 Å². The van der Waals surface area contributed by atoms with Crippen LogP contribution in [0.2, 0.25) is 0 Å². The fourth-order valence-electron chi connectivity index (χ4n) is 3.19. The van der Waals surface area contributed by atoms with Crippen LogP contribution in [-0.4, -0.2) is 43.0 Å². The number of hydrogen-bond donors (Lipinski definition) is 0. The van der Waals surface area contributed by atoms with Crippen LogP contribution in [0.3, 0.4) is 0 Å². The number of benzene rings is 1. The fraction of sp³-hybridized carbons (Fsp3) is 0.400. The molecule has 0 atom stereocenters. The summed E-state index contributed by atoms with van der Waals surface area (Å²) < 4.78 is 16.0. The summed E-state index contributed by atoms with van der Waals surface area (Å²) in [5.74, 6) is -0.0856. The van der Waals surface area contributed by atoms with Gasteiger partial charge in [-0.1, -0.05) is 13.8 Å². The Kier molecular flexibility index (Phi) is 5.87. The summed E-state index contributed by atoms with van der Waals surface area (Å²) in [6.07, 6.45) is 3.26. The van der Waals surface area contributed by atoms with Crippen molar-refractivity contribution in [2.75, 3.05) is 13.1 Å². The summed E-state index contributed by atoms with van der Waals surface area (Å²) in [6.45, 7) is 5.27. The molecule has 148 valence electrons. The summed E-state index contributed by atoms with van der Waals surface area (Å²) in [4.78, 5) is 36.0. The first kappa shape index (κ1) is 19.7. The number of aryl methyl sites for hydroxylation is 1. The number of nitrogens with zero attached hydrogens (tertiary/aromatic N) is 5. The van der Waals surface area contributed by atoms with Crippen LogP contribution in [0.25, 0.3) is 22.6 Å². The van der Waals surface area contributed by atoms with Crippen molar-refractivity contribution >= 4 is 17.1 Å². The Morgan fingerprint density at radius 1 is 1.14 bits per heavy atom. The first-order chi connectivity index (χ1) is 13.5. The van der Waals surface area contributed by atoms with Gasteiger partial charge in [0.1, 0.15) is 17.9 Å². The molecule has 0 bridgehead atoms. The number of rotatable bonds is 7. The van der Waals surface area contributed by atoms with Crippen LogP contribution in [0.1, 0.15) is 26.7 Å². The smallest absolute Gasteiger partial charge is 0.330 e. The molecular weight excluding hydrogens is 361 g/mol. The topological polar surface area (TPSA) is 73.0 Å². The number of hydrogen-bond acceptors (Lipinski definition) is 4. The molecule has 0 saturated heterocycles. The van der Waals surface area contributed by atoms with E-state index in [-0.39, 0.29) is 24.0 Å². The number of carbonyl (C=O) groups is 1. The monoisotopic (exact) mass is 385 g/mol. The van der Waals surface area contributed by atoms with E-state index in [1.165, 1.54) is 21.3 Å². The molecule has 1 aromatic carbocycles. The molecule has 0 spiro atoms. The zero-order valence-electron chi connectivity index (χ0n) is 16.4. The molecule has 2 heterocycles. The maximum absolute atomic E-state index is 13.2. The molecule has 28 heavy (non-hydrogen) atoms. The normalized spacial score (nSPS) is 11.1. The van der Waals surface area contributed by atoms with Crippen LogP contribution in [0.4, 0.5) is 4.39 Å². The van der Waals surface area contributed by atoms with Crippen LogP contribution in [0.15, 0.2) is 35.3 Å². The van der Waals surface area contributed by atoms with Gasteiger partial charge in [-0.15, -0.1) is 0 Å². The molecule has 3 aromatic rings. The minimum absolute atomic E-state index is 0.0734. The average Bonchev–Trinajstić information content (AvgIpc) is 2.92. The Hall–Kier alpha value is -3.03. The molecule has 0 saturated carbocycles. The van der Waals surface area contributed by atoms with E-state index in [4.69, 9.17) is 0 Å². The molecule has 0 fully saturated rings. The van der Waals surface area contributed by atoms with Gasteiger partial charge in [0.25, 0.3) is 0 Å². The number of halogens is 1. The summed E-state index contributed by atoms with van der Waals surface area (Å²) in [7, 11) is 1.63. The van der Waals surface area contributed by atoms with Crippen molar-refractivity contribution in [1.29, 1.82) is 0 Å². The molecule has 2 aromatic heterocycles. The van der Waals surface area contributed by atoms with E-state index in [0.717, 1.165) is 12.8 Å². The first-order valence-corrected chi connectivity index (χ1v) is 9.42. The quantitative estimate of drug-likeness (QED) is 0.627. The molecule has 0 aliphatic heterocycles. The Balaban J connectivity index is 2.02. The largest absolute Gasteiger partial charge is 0.341 e. The minimum atomic E-state index is -0.348. The second kappa shape index (κ2) is 8.33. The van der Waals surface area contributed by atoms with Gasteiger partial charge in [0.05, 0.1) is 6.20 Å². The van der Waals surface area contributed by atoms with Gasteiger partial charge in [-0.25, -0.2) is 19.2 Å². The van der Waals surface area contributed by atoms with E-state index in [0.29, 0.717) is 35.6 Å². The van der Waals surface area contributed by atoms with E-state index < -0.39 is 0 Å². The lowest BCUT2D eigenvalue weighted by Gasteiger charge is -2.21. The van der Waals surface area contributed by atoms with Crippen molar-refractivity contribution in [3.8, 4) is 11.4 Å². The van der Waals surface area contributed by atoms with Crippen molar-refractivity contribution in [3.63, 3.8) is 0 Å². The number of fused-ring (bicyclic) bond motifs is 1. The van der Waals surface area contributed by atoms with Crippen LogP contribution >= 0.6 is 0 Å². The van der Waals surface area contributed by atoms with Gasteiger partial charge >= 0.3 is 5.69 Å². The number of imidazole rings is 1. The minimum Gasteiger partial charge on any atom is -0.341 e. The fourth-order valence-corrected chi connectivity index (χ4v) is 3.19. The molecule has 8 heteroatoms. The summed E-state index contributed by atoms with van der Waals surface area (Å²) >= 11 is 0. The zero-order chi connectivity index (χ0) is 20.3. The van der Waals surface area contributed by atoms with Gasteiger partial charge in [-0.2, -0.15) is 0 Å². The molecule has 0 aliphatic carbocycles. The molecule has 0 aliphatic rings. The highest BCUT2D eigenvalue weighted by molar-refractivity contribution is 5.79. The predicted molar refractivity (Wildman–Crippen MR) is 105 cm³/mol. The van der Waals surface area contributed by atoms with E-state index in [9.17, 15) is 14.0 Å². The van der Waals surface area contributed by atoms with Gasteiger partial charge < -0.3 is 4.90 Å². The Morgan fingerprint density at radius 3 is 2.39 bits per heavy atom. The highest BCUT2D eigenvalue weighted by atomic mass is 19.1. The lowest BCUT2D eigenvalue weighted by Crippen LogP contribution is -2.37. The van der Waals surface area contributed by atoms with Crippen molar-refractivity contribution in [2.45, 2.75) is 33.2 Å². The third kappa shape index (κ3) is 3.81. The van der Waals surface area contributed by atoms with Crippen LogP contribution < -0.4 is 5.69 Å². The van der Waals surface area contributed by atoms with Gasteiger partial charge in [0.2, 0.25) is 5.91 Å². The molecule has 7 nitrogen and oxygen atoms in total. The molecular formula is C20H24FN5O2. The SMILES string of the molecule is CCCN(CCC)C(=O)Cn1c(=O)n(C)c2cnc(-c3ccc(F)cc3)nc21. The van der Waals surface area contributed by atoms with E-state index in [1.807, 2.05) is 13.8 Å². The van der Waals surface area contributed by atoms with Gasteiger partial charge in [0.15, 0.2) is 11.5 Å². The van der Waals surface area contributed by atoms with Crippen LogP contribution in [0.5, 0.6) is 0 Å². The zero-order valence-corrected chi connectivity index (χ0v) is 16.4. The maximum atomic E-state index is 13.2. The second-order valence-electron chi connectivity index (χ2n) is 6.72. The van der Waals surface area contributed by atoms with E-state index in [2.05, 4.69) is 9.97 Å². The predicted octanol–water partition coefficient (Wildman–Crippen LogP) is 2.58. The summed E-state index contributed by atoms with van der Waals surface area (Å²) in [6, 6.07) is 5.82. The third-order valence-corrected chi connectivity index (χ3v) is 4.62. The summed E-state index contributed by atoms with van der Waals surface area (Å²) in [5.41, 5.74) is 1.25. The molecule has 3 rings (SSSR count). The Bertz CT molecular complexity index is 1030. The lowest BCUT2D eigenvalue weighted by molar-refractivity contribution is -0.131. The second-order valence-corrected chi connectivity index (χ2v) is 6.72. The van der Waals surface area contributed by atoms with Crippen LogP contribution in [0, 0.1) is 5.82 Å². The lowest BCUT2D eigenvalue weighted by atomic mass is 10.2. The highest BCUT2D eigenvalue weighted by Gasteiger charge is 2.19. The van der Waals surface area contributed by atoms with Gasteiger partial charge in [-0.05, 0) is 37.1 Å². The molecule has 1 amide bonds. The van der Waals surface area contributed by atoms with Gasteiger partial charge in [-0.3, -0.25) is 13.9 Å². The highest BCUT2D eigenvalue weighted by Crippen LogP contribution is 2.18. The van der Waals surface area contributed by atoms with Crippen molar-refractivity contribution < 1.29 is 9.18 Å². The first-order valence-electron chi connectivity index (χ1n) is 9.42. The van der Waals surface area contributed by atoms with Gasteiger partial charge in [0, 0.05) is 25.7 Å². The number of carbonyl (C=O) groups excluding carboxylic acids is 1. The number of aromatic nitrogens is 4.